The number of rotatable bonds is 5. The second kappa shape index (κ2) is 6.92. The summed E-state index contributed by atoms with van der Waals surface area (Å²) in [7, 11) is -3.17. The molecule has 1 aliphatic carbocycles. The average molecular weight is 404 g/mol. The van der Waals surface area contributed by atoms with Gasteiger partial charge in [-0.25, -0.2) is 8.42 Å². The topological polar surface area (TPSA) is 55.8 Å². The van der Waals surface area contributed by atoms with E-state index in [9.17, 15) is 8.42 Å². The van der Waals surface area contributed by atoms with Crippen molar-refractivity contribution in [3.8, 4) is 0 Å². The number of ether oxygens (including phenoxy) is 2. The summed E-state index contributed by atoms with van der Waals surface area (Å²) in [5, 5.41) is 0. The molecule has 0 aromatic heterocycles. The third kappa shape index (κ3) is 3.85. The van der Waals surface area contributed by atoms with Gasteiger partial charge in [0.1, 0.15) is 5.76 Å². The molecule has 1 unspecified atom stereocenters. The highest BCUT2D eigenvalue weighted by molar-refractivity contribution is 7.90. The van der Waals surface area contributed by atoms with E-state index in [0.717, 1.165) is 55.9 Å². The first kappa shape index (κ1) is 19.5. The lowest BCUT2D eigenvalue weighted by Crippen LogP contribution is -2.40. The molecule has 1 aromatic rings. The first-order valence-corrected chi connectivity index (χ1v) is 11.8. The zero-order valence-corrected chi connectivity index (χ0v) is 17.9. The van der Waals surface area contributed by atoms with Crippen LogP contribution in [0.4, 0.5) is 0 Å². The van der Waals surface area contributed by atoms with Crippen LogP contribution in [-0.4, -0.2) is 31.4 Å². The van der Waals surface area contributed by atoms with Gasteiger partial charge in [-0.1, -0.05) is 11.6 Å². The van der Waals surface area contributed by atoms with Gasteiger partial charge in [0.25, 0.3) is 0 Å². The van der Waals surface area contributed by atoms with Gasteiger partial charge < -0.3 is 9.47 Å². The quantitative estimate of drug-likeness (QED) is 0.734. The van der Waals surface area contributed by atoms with Gasteiger partial charge in [-0.05, 0) is 62.4 Å². The summed E-state index contributed by atoms with van der Waals surface area (Å²) in [4.78, 5) is 2.87. The summed E-state index contributed by atoms with van der Waals surface area (Å²) >= 11 is 0. The van der Waals surface area contributed by atoms with Gasteiger partial charge in [0.2, 0.25) is 6.29 Å². The first-order valence-electron chi connectivity index (χ1n) is 9.95. The van der Waals surface area contributed by atoms with Gasteiger partial charge in [0.05, 0.1) is 4.90 Å². The smallest absolute Gasteiger partial charge is 0.238 e. The highest BCUT2D eigenvalue weighted by Gasteiger charge is 2.33. The van der Waals surface area contributed by atoms with Crippen molar-refractivity contribution in [3.63, 3.8) is 0 Å². The van der Waals surface area contributed by atoms with Crippen LogP contribution in [0.15, 0.2) is 46.3 Å². The molecule has 0 fully saturated rings. The van der Waals surface area contributed by atoms with Gasteiger partial charge >= 0.3 is 0 Å². The first-order chi connectivity index (χ1) is 13.1. The van der Waals surface area contributed by atoms with Crippen molar-refractivity contribution in [3.05, 3.63) is 52.5 Å². The van der Waals surface area contributed by atoms with E-state index in [-0.39, 0.29) is 11.8 Å². The fourth-order valence-corrected chi connectivity index (χ4v) is 4.88. The van der Waals surface area contributed by atoms with E-state index >= 15 is 0 Å². The zero-order chi connectivity index (χ0) is 20.1. The normalized spacial score (nSPS) is 22.4. The van der Waals surface area contributed by atoms with E-state index in [1.165, 1.54) is 17.4 Å². The molecule has 0 N–H and O–H groups in total. The van der Waals surface area contributed by atoms with Crippen LogP contribution in [-0.2, 0) is 32.4 Å². The maximum Gasteiger partial charge on any atom is 0.238 e. The SMILES string of the molecule is CC1OC2=C(CCC(CCC(C)(C)N3Cc4ccc(S(C)(=O)=O)cc4C3)=C2)O1. The number of nitrogens with zero attached hydrogens (tertiary/aromatic N) is 1. The molecule has 4 rings (SSSR count). The predicted molar refractivity (Wildman–Crippen MR) is 108 cm³/mol. The Morgan fingerprint density at radius 1 is 1.14 bits per heavy atom. The third-order valence-electron chi connectivity index (χ3n) is 6.13. The molecule has 28 heavy (non-hydrogen) atoms. The maximum absolute atomic E-state index is 11.8. The Morgan fingerprint density at radius 2 is 1.89 bits per heavy atom. The minimum Gasteiger partial charge on any atom is -0.456 e. The van der Waals surface area contributed by atoms with Crippen LogP contribution < -0.4 is 0 Å². The molecular weight excluding hydrogens is 374 g/mol. The van der Waals surface area contributed by atoms with Crippen LogP contribution >= 0.6 is 0 Å². The highest BCUT2D eigenvalue weighted by atomic mass is 32.2. The van der Waals surface area contributed by atoms with E-state index < -0.39 is 9.84 Å². The van der Waals surface area contributed by atoms with Gasteiger partial charge in [0, 0.05) is 38.2 Å². The van der Waals surface area contributed by atoms with Crippen LogP contribution in [0.25, 0.3) is 0 Å². The molecule has 0 bridgehead atoms. The Bertz CT molecular complexity index is 959. The molecule has 0 radical (unpaired) electrons. The van der Waals surface area contributed by atoms with E-state index in [2.05, 4.69) is 24.8 Å². The van der Waals surface area contributed by atoms with Crippen molar-refractivity contribution < 1.29 is 17.9 Å². The summed E-state index contributed by atoms with van der Waals surface area (Å²) < 4.78 is 35.1. The molecule has 0 spiro atoms. The largest absolute Gasteiger partial charge is 0.456 e. The number of sulfone groups is 1. The molecule has 152 valence electrons. The molecular formula is C22H29NO4S. The van der Waals surface area contributed by atoms with Crippen LogP contribution in [0.3, 0.4) is 0 Å². The van der Waals surface area contributed by atoms with Crippen LogP contribution in [0.2, 0.25) is 0 Å². The van der Waals surface area contributed by atoms with Crippen molar-refractivity contribution in [1.82, 2.24) is 4.90 Å². The van der Waals surface area contributed by atoms with Crippen molar-refractivity contribution in [2.75, 3.05) is 6.26 Å². The number of fused-ring (bicyclic) bond motifs is 1. The van der Waals surface area contributed by atoms with Crippen LogP contribution in [0.1, 0.15) is 57.6 Å². The van der Waals surface area contributed by atoms with E-state index in [1.54, 1.807) is 6.07 Å². The second-order valence-electron chi connectivity index (χ2n) is 8.76. The van der Waals surface area contributed by atoms with E-state index in [0.29, 0.717) is 4.90 Å². The number of allylic oxidation sites excluding steroid dienone is 3. The summed E-state index contributed by atoms with van der Waals surface area (Å²) in [6.07, 6.45) is 7.29. The van der Waals surface area contributed by atoms with E-state index in [1.807, 2.05) is 19.1 Å². The summed E-state index contributed by atoms with van der Waals surface area (Å²) in [6, 6.07) is 5.54. The Morgan fingerprint density at radius 3 is 2.64 bits per heavy atom. The Balaban J connectivity index is 1.41. The molecule has 2 aliphatic heterocycles. The Hall–Kier alpha value is -1.79. The molecule has 5 nitrogen and oxygen atoms in total. The van der Waals surface area contributed by atoms with Crippen LogP contribution in [0.5, 0.6) is 0 Å². The fraction of sp³-hybridized carbons (Fsp3) is 0.545. The van der Waals surface area contributed by atoms with Gasteiger partial charge in [-0.2, -0.15) is 0 Å². The molecule has 6 heteroatoms. The number of hydrogen-bond donors (Lipinski definition) is 0. The number of benzene rings is 1. The molecule has 1 aromatic carbocycles. The summed E-state index contributed by atoms with van der Waals surface area (Å²) in [5.41, 5.74) is 3.81. The second-order valence-corrected chi connectivity index (χ2v) is 10.8. The molecule has 0 saturated carbocycles. The molecule has 0 saturated heterocycles. The lowest BCUT2D eigenvalue weighted by Gasteiger charge is -2.36. The number of hydrogen-bond acceptors (Lipinski definition) is 5. The lowest BCUT2D eigenvalue weighted by molar-refractivity contribution is -0.0213. The van der Waals surface area contributed by atoms with E-state index in [4.69, 9.17) is 9.47 Å². The van der Waals surface area contributed by atoms with Gasteiger partial charge in [-0.3, -0.25) is 4.90 Å². The monoisotopic (exact) mass is 403 g/mol. The summed E-state index contributed by atoms with van der Waals surface area (Å²) in [6.45, 7) is 8.16. The molecule has 1 atom stereocenters. The van der Waals surface area contributed by atoms with Gasteiger partial charge in [0.15, 0.2) is 15.6 Å². The Labute approximate surface area is 167 Å². The summed E-state index contributed by atoms with van der Waals surface area (Å²) in [5.74, 6) is 1.90. The predicted octanol–water partition coefficient (Wildman–Crippen LogP) is 4.29. The standard InChI is InChI=1S/C22H29NO4S/c1-15-26-20-8-5-16(11-21(20)27-15)9-10-22(2,3)23-13-17-6-7-19(28(4,24)25)12-18(17)14-23/h6-7,11-12,15H,5,8-10,13-14H2,1-4H3. The maximum atomic E-state index is 11.8. The molecule has 3 aliphatic rings. The minimum atomic E-state index is -3.17. The fourth-order valence-electron chi connectivity index (χ4n) is 4.21. The molecule has 0 amide bonds. The molecule has 2 heterocycles. The van der Waals surface area contributed by atoms with Crippen molar-refractivity contribution in [2.45, 2.75) is 76.3 Å². The average Bonchev–Trinajstić information content (AvgIpc) is 3.20. The van der Waals surface area contributed by atoms with Crippen molar-refractivity contribution in [2.24, 2.45) is 0 Å². The van der Waals surface area contributed by atoms with Gasteiger partial charge in [-0.15, -0.1) is 0 Å². The minimum absolute atomic E-state index is 0.0279. The zero-order valence-electron chi connectivity index (χ0n) is 17.1. The van der Waals surface area contributed by atoms with Crippen LogP contribution in [0, 0.1) is 0 Å². The van der Waals surface area contributed by atoms with Crippen molar-refractivity contribution in [1.29, 1.82) is 0 Å². The third-order valence-corrected chi connectivity index (χ3v) is 7.24. The highest BCUT2D eigenvalue weighted by Crippen LogP contribution is 2.37. The van der Waals surface area contributed by atoms with Crippen molar-refractivity contribution >= 4 is 9.84 Å². The Kier molecular flexibility index (Phi) is 4.82. The lowest BCUT2D eigenvalue weighted by atomic mass is 9.90.